The van der Waals surface area contributed by atoms with Crippen LogP contribution in [0.3, 0.4) is 0 Å². The Morgan fingerprint density at radius 1 is 0.952 bits per heavy atom. The number of aryl methyl sites for hydroxylation is 1. The van der Waals surface area contributed by atoms with Crippen molar-refractivity contribution >= 4 is 0 Å². The molecule has 0 aliphatic heterocycles. The van der Waals surface area contributed by atoms with Gasteiger partial charge < -0.3 is 10.1 Å². The zero-order valence-electron chi connectivity index (χ0n) is 13.0. The van der Waals surface area contributed by atoms with Gasteiger partial charge in [0.05, 0.1) is 0 Å². The van der Waals surface area contributed by atoms with Gasteiger partial charge in [0.15, 0.2) is 0 Å². The standard InChI is InChI=1S/C19H25NO/c1-3-16-10-12-17(13-11-16)19(4-2)20-14-15-21-18-8-6-5-7-9-18/h5-13,19-20H,3-4,14-15H2,1-2H3. The van der Waals surface area contributed by atoms with Crippen molar-refractivity contribution in [3.8, 4) is 5.75 Å². The maximum absolute atomic E-state index is 5.71. The number of rotatable bonds is 8. The first-order valence-corrected chi connectivity index (χ1v) is 7.83. The largest absolute Gasteiger partial charge is 0.492 e. The van der Waals surface area contributed by atoms with E-state index in [9.17, 15) is 0 Å². The third-order valence-electron chi connectivity index (χ3n) is 3.70. The van der Waals surface area contributed by atoms with Gasteiger partial charge in [-0.2, -0.15) is 0 Å². The maximum atomic E-state index is 5.71. The van der Waals surface area contributed by atoms with Gasteiger partial charge in [-0.15, -0.1) is 0 Å². The predicted octanol–water partition coefficient (Wildman–Crippen LogP) is 4.37. The van der Waals surface area contributed by atoms with Crippen molar-refractivity contribution in [2.45, 2.75) is 32.7 Å². The molecule has 0 bridgehead atoms. The summed E-state index contributed by atoms with van der Waals surface area (Å²) in [6.45, 7) is 5.94. The van der Waals surface area contributed by atoms with Gasteiger partial charge in [-0.05, 0) is 36.1 Å². The van der Waals surface area contributed by atoms with Crippen LogP contribution in [-0.4, -0.2) is 13.2 Å². The Morgan fingerprint density at radius 2 is 1.67 bits per heavy atom. The zero-order chi connectivity index (χ0) is 14.9. The molecule has 1 atom stereocenters. The highest BCUT2D eigenvalue weighted by molar-refractivity contribution is 5.25. The summed E-state index contributed by atoms with van der Waals surface area (Å²) in [5, 5.41) is 3.57. The molecule has 2 aromatic carbocycles. The van der Waals surface area contributed by atoms with E-state index in [1.165, 1.54) is 11.1 Å². The molecule has 0 fully saturated rings. The summed E-state index contributed by atoms with van der Waals surface area (Å²) in [6.07, 6.45) is 2.17. The van der Waals surface area contributed by atoms with Crippen LogP contribution >= 0.6 is 0 Å². The summed E-state index contributed by atoms with van der Waals surface area (Å²) < 4.78 is 5.71. The molecule has 0 aromatic heterocycles. The molecule has 0 aliphatic carbocycles. The smallest absolute Gasteiger partial charge is 0.119 e. The third kappa shape index (κ3) is 4.91. The first kappa shape index (κ1) is 15.6. The fraction of sp³-hybridized carbons (Fsp3) is 0.368. The van der Waals surface area contributed by atoms with Crippen molar-refractivity contribution in [1.29, 1.82) is 0 Å². The van der Waals surface area contributed by atoms with Crippen molar-refractivity contribution < 1.29 is 4.74 Å². The zero-order valence-corrected chi connectivity index (χ0v) is 13.0. The van der Waals surface area contributed by atoms with Crippen LogP contribution in [-0.2, 0) is 6.42 Å². The Labute approximate surface area is 128 Å². The molecule has 0 spiro atoms. The van der Waals surface area contributed by atoms with E-state index in [4.69, 9.17) is 4.74 Å². The van der Waals surface area contributed by atoms with Crippen LogP contribution in [0.15, 0.2) is 54.6 Å². The number of nitrogens with one attached hydrogen (secondary N) is 1. The van der Waals surface area contributed by atoms with E-state index in [0.717, 1.165) is 25.1 Å². The average molecular weight is 283 g/mol. The minimum Gasteiger partial charge on any atom is -0.492 e. The molecule has 2 nitrogen and oxygen atoms in total. The molecule has 0 saturated carbocycles. The topological polar surface area (TPSA) is 21.3 Å². The van der Waals surface area contributed by atoms with Crippen molar-refractivity contribution in [3.05, 3.63) is 65.7 Å². The van der Waals surface area contributed by atoms with Crippen LogP contribution in [0.4, 0.5) is 0 Å². The molecule has 1 N–H and O–H groups in total. The van der Waals surface area contributed by atoms with Gasteiger partial charge in [0, 0.05) is 12.6 Å². The first-order chi connectivity index (χ1) is 10.3. The lowest BCUT2D eigenvalue weighted by Gasteiger charge is -2.18. The Balaban J connectivity index is 1.79. The number of hydrogen-bond acceptors (Lipinski definition) is 2. The van der Waals surface area contributed by atoms with Crippen LogP contribution in [0.5, 0.6) is 5.75 Å². The van der Waals surface area contributed by atoms with Gasteiger partial charge in [0.25, 0.3) is 0 Å². The summed E-state index contributed by atoms with van der Waals surface area (Å²) in [4.78, 5) is 0. The second-order valence-corrected chi connectivity index (χ2v) is 5.17. The monoisotopic (exact) mass is 283 g/mol. The minimum absolute atomic E-state index is 0.398. The second kappa shape index (κ2) is 8.48. The third-order valence-corrected chi connectivity index (χ3v) is 3.70. The fourth-order valence-corrected chi connectivity index (χ4v) is 2.40. The Kier molecular flexibility index (Phi) is 6.29. The number of para-hydroxylation sites is 1. The van der Waals surface area contributed by atoms with Crippen LogP contribution in [0.1, 0.15) is 37.4 Å². The average Bonchev–Trinajstić information content (AvgIpc) is 2.56. The maximum Gasteiger partial charge on any atom is 0.119 e. The fourth-order valence-electron chi connectivity index (χ4n) is 2.40. The van der Waals surface area contributed by atoms with Gasteiger partial charge >= 0.3 is 0 Å². The highest BCUT2D eigenvalue weighted by Crippen LogP contribution is 2.17. The molecular weight excluding hydrogens is 258 g/mol. The molecule has 112 valence electrons. The summed E-state index contributed by atoms with van der Waals surface area (Å²) in [7, 11) is 0. The van der Waals surface area contributed by atoms with Gasteiger partial charge in [-0.3, -0.25) is 0 Å². The van der Waals surface area contributed by atoms with E-state index >= 15 is 0 Å². The van der Waals surface area contributed by atoms with E-state index in [0.29, 0.717) is 12.6 Å². The summed E-state index contributed by atoms with van der Waals surface area (Å²) in [5.74, 6) is 0.930. The Hall–Kier alpha value is -1.80. The van der Waals surface area contributed by atoms with Crippen molar-refractivity contribution in [2.75, 3.05) is 13.2 Å². The van der Waals surface area contributed by atoms with Crippen molar-refractivity contribution in [3.63, 3.8) is 0 Å². The molecule has 2 heteroatoms. The molecule has 0 radical (unpaired) electrons. The molecule has 0 amide bonds. The molecule has 21 heavy (non-hydrogen) atoms. The van der Waals surface area contributed by atoms with E-state index < -0.39 is 0 Å². The summed E-state index contributed by atoms with van der Waals surface area (Å²) in [6, 6.07) is 19.3. The summed E-state index contributed by atoms with van der Waals surface area (Å²) in [5.41, 5.74) is 2.75. The minimum atomic E-state index is 0.398. The normalized spacial score (nSPS) is 12.1. The van der Waals surface area contributed by atoms with E-state index in [1.54, 1.807) is 0 Å². The molecule has 0 aliphatic rings. The highest BCUT2D eigenvalue weighted by Gasteiger charge is 2.08. The van der Waals surface area contributed by atoms with Crippen LogP contribution in [0.2, 0.25) is 0 Å². The van der Waals surface area contributed by atoms with Crippen LogP contribution < -0.4 is 10.1 Å². The van der Waals surface area contributed by atoms with Gasteiger partial charge in [-0.25, -0.2) is 0 Å². The second-order valence-electron chi connectivity index (χ2n) is 5.17. The van der Waals surface area contributed by atoms with Gasteiger partial charge in [0.1, 0.15) is 12.4 Å². The highest BCUT2D eigenvalue weighted by atomic mass is 16.5. The van der Waals surface area contributed by atoms with Crippen molar-refractivity contribution in [1.82, 2.24) is 5.32 Å². The molecule has 0 heterocycles. The Bertz CT molecular complexity index is 507. The van der Waals surface area contributed by atoms with E-state index in [1.807, 2.05) is 30.3 Å². The van der Waals surface area contributed by atoms with E-state index in [-0.39, 0.29) is 0 Å². The molecule has 2 aromatic rings. The molecule has 1 unspecified atom stereocenters. The van der Waals surface area contributed by atoms with Crippen LogP contribution in [0.25, 0.3) is 0 Å². The van der Waals surface area contributed by atoms with Gasteiger partial charge in [-0.1, -0.05) is 56.3 Å². The SMILES string of the molecule is CCc1ccc(C(CC)NCCOc2ccccc2)cc1. The van der Waals surface area contributed by atoms with Crippen LogP contribution in [0, 0.1) is 0 Å². The van der Waals surface area contributed by atoms with E-state index in [2.05, 4.69) is 43.4 Å². The predicted molar refractivity (Wildman–Crippen MR) is 88.8 cm³/mol. The molecule has 2 rings (SSSR count). The lowest BCUT2D eigenvalue weighted by molar-refractivity contribution is 0.304. The molecular formula is C19H25NO. The summed E-state index contributed by atoms with van der Waals surface area (Å²) >= 11 is 0. The number of ether oxygens (including phenoxy) is 1. The quantitative estimate of drug-likeness (QED) is 0.726. The van der Waals surface area contributed by atoms with Crippen molar-refractivity contribution in [2.24, 2.45) is 0 Å². The number of hydrogen-bond donors (Lipinski definition) is 1. The Morgan fingerprint density at radius 3 is 2.29 bits per heavy atom. The number of benzene rings is 2. The molecule has 0 saturated heterocycles. The first-order valence-electron chi connectivity index (χ1n) is 7.83. The lowest BCUT2D eigenvalue weighted by atomic mass is 10.0. The van der Waals surface area contributed by atoms with Gasteiger partial charge in [0.2, 0.25) is 0 Å². The lowest BCUT2D eigenvalue weighted by Crippen LogP contribution is -2.25.